The molecule has 2 amide bonds. The lowest BCUT2D eigenvalue weighted by Gasteiger charge is -2.17. The average Bonchev–Trinajstić information content (AvgIpc) is 3.14. The maximum Gasteiger partial charge on any atom is 0.333 e. The van der Waals surface area contributed by atoms with Crippen LogP contribution in [-0.2, 0) is 4.79 Å². The molecule has 0 aliphatic carbocycles. The van der Waals surface area contributed by atoms with E-state index < -0.39 is 12.5 Å². The van der Waals surface area contributed by atoms with Crippen LogP contribution in [0.3, 0.4) is 0 Å². The van der Waals surface area contributed by atoms with Crippen LogP contribution in [0.25, 0.3) is 0 Å². The zero-order valence-electron chi connectivity index (χ0n) is 12.9. The second-order valence-electron chi connectivity index (χ2n) is 5.68. The molecule has 0 unspecified atom stereocenters. The third-order valence-corrected chi connectivity index (χ3v) is 3.81. The highest BCUT2D eigenvalue weighted by atomic mass is 19.3. The number of anilines is 1. The Kier molecular flexibility index (Phi) is 4.28. The Bertz CT molecular complexity index is 775. The number of hydrogen-bond acceptors (Lipinski definition) is 3. The van der Waals surface area contributed by atoms with E-state index in [1.807, 2.05) is 31.2 Å². The number of halogens is 2. The SMILES string of the molecule is Cc1cccc(N2C[C@@H](NC(=O)c3ccn(C(F)F)n3)CC2=O)c1. The van der Waals surface area contributed by atoms with E-state index in [1.165, 1.54) is 6.07 Å². The van der Waals surface area contributed by atoms with Crippen molar-refractivity contribution >= 4 is 17.5 Å². The summed E-state index contributed by atoms with van der Waals surface area (Å²) in [5, 5.41) is 6.19. The van der Waals surface area contributed by atoms with Crippen molar-refractivity contribution in [1.82, 2.24) is 15.1 Å². The molecule has 24 heavy (non-hydrogen) atoms. The number of alkyl halides is 2. The topological polar surface area (TPSA) is 67.2 Å². The van der Waals surface area contributed by atoms with Crippen molar-refractivity contribution < 1.29 is 18.4 Å². The smallest absolute Gasteiger partial charge is 0.333 e. The molecule has 1 aliphatic rings. The van der Waals surface area contributed by atoms with Gasteiger partial charge in [-0.05, 0) is 30.7 Å². The molecule has 1 aromatic heterocycles. The van der Waals surface area contributed by atoms with Gasteiger partial charge in [-0.1, -0.05) is 12.1 Å². The number of nitrogens with one attached hydrogen (secondary N) is 1. The summed E-state index contributed by atoms with van der Waals surface area (Å²) in [4.78, 5) is 25.8. The van der Waals surface area contributed by atoms with Crippen LogP contribution in [0.15, 0.2) is 36.5 Å². The molecule has 0 bridgehead atoms. The van der Waals surface area contributed by atoms with E-state index in [0.29, 0.717) is 11.2 Å². The van der Waals surface area contributed by atoms with E-state index in [2.05, 4.69) is 10.4 Å². The third kappa shape index (κ3) is 3.27. The fourth-order valence-electron chi connectivity index (χ4n) is 2.68. The lowest BCUT2D eigenvalue weighted by atomic mass is 10.2. The van der Waals surface area contributed by atoms with Crippen molar-refractivity contribution in [2.45, 2.75) is 25.9 Å². The summed E-state index contributed by atoms with van der Waals surface area (Å²) in [6, 6.07) is 8.36. The number of benzene rings is 1. The summed E-state index contributed by atoms with van der Waals surface area (Å²) in [6.07, 6.45) is 1.20. The minimum Gasteiger partial charge on any atom is -0.346 e. The highest BCUT2D eigenvalue weighted by Gasteiger charge is 2.32. The molecule has 2 heterocycles. The van der Waals surface area contributed by atoms with E-state index in [9.17, 15) is 18.4 Å². The largest absolute Gasteiger partial charge is 0.346 e. The normalized spacial score (nSPS) is 17.6. The molecule has 1 saturated heterocycles. The molecule has 1 N–H and O–H groups in total. The number of rotatable bonds is 4. The first-order chi connectivity index (χ1) is 11.4. The molecule has 3 rings (SSSR count). The molecular formula is C16H16F2N4O2. The first kappa shape index (κ1) is 16.1. The van der Waals surface area contributed by atoms with E-state index in [-0.39, 0.29) is 24.1 Å². The van der Waals surface area contributed by atoms with Gasteiger partial charge in [0.2, 0.25) is 5.91 Å². The van der Waals surface area contributed by atoms with Gasteiger partial charge < -0.3 is 10.2 Å². The molecule has 2 aromatic rings. The average molecular weight is 334 g/mol. The van der Waals surface area contributed by atoms with Crippen LogP contribution >= 0.6 is 0 Å². The van der Waals surface area contributed by atoms with E-state index >= 15 is 0 Å². The Labute approximate surface area is 137 Å². The van der Waals surface area contributed by atoms with Gasteiger partial charge in [0.15, 0.2) is 0 Å². The number of nitrogens with zero attached hydrogens (tertiary/aromatic N) is 3. The number of carbonyl (C=O) groups is 2. The second kappa shape index (κ2) is 6.38. The maximum absolute atomic E-state index is 12.5. The van der Waals surface area contributed by atoms with Gasteiger partial charge in [-0.3, -0.25) is 9.59 Å². The molecule has 8 heteroatoms. The molecule has 0 saturated carbocycles. The van der Waals surface area contributed by atoms with Gasteiger partial charge in [-0.15, -0.1) is 0 Å². The van der Waals surface area contributed by atoms with Crippen molar-refractivity contribution in [3.05, 3.63) is 47.8 Å². The lowest BCUT2D eigenvalue weighted by Crippen LogP contribution is -2.37. The molecule has 1 aliphatic heterocycles. The fourth-order valence-corrected chi connectivity index (χ4v) is 2.68. The fraction of sp³-hybridized carbons (Fsp3) is 0.312. The monoisotopic (exact) mass is 334 g/mol. The van der Waals surface area contributed by atoms with Gasteiger partial charge in [-0.2, -0.15) is 13.9 Å². The number of hydrogen-bond donors (Lipinski definition) is 1. The highest BCUT2D eigenvalue weighted by molar-refractivity contribution is 5.98. The van der Waals surface area contributed by atoms with Crippen LogP contribution in [-0.4, -0.2) is 34.2 Å². The summed E-state index contributed by atoms with van der Waals surface area (Å²) in [5.41, 5.74) is 1.71. The van der Waals surface area contributed by atoms with Gasteiger partial charge in [0.25, 0.3) is 5.91 Å². The number of amides is 2. The Morgan fingerprint density at radius 3 is 2.83 bits per heavy atom. The van der Waals surface area contributed by atoms with Crippen LogP contribution in [0.4, 0.5) is 14.5 Å². The predicted molar refractivity (Wildman–Crippen MR) is 82.9 cm³/mol. The molecule has 6 nitrogen and oxygen atoms in total. The molecule has 1 aromatic carbocycles. The number of carbonyl (C=O) groups excluding carboxylic acids is 2. The Balaban J connectivity index is 1.66. The zero-order chi connectivity index (χ0) is 17.3. The van der Waals surface area contributed by atoms with Crippen molar-refractivity contribution in [1.29, 1.82) is 0 Å². The summed E-state index contributed by atoms with van der Waals surface area (Å²) in [7, 11) is 0. The minimum absolute atomic E-state index is 0.0935. The van der Waals surface area contributed by atoms with Crippen molar-refractivity contribution in [3.63, 3.8) is 0 Å². The first-order valence-corrected chi connectivity index (χ1v) is 7.45. The van der Waals surface area contributed by atoms with Gasteiger partial charge in [-0.25, -0.2) is 4.68 Å². The minimum atomic E-state index is -2.79. The molecule has 126 valence electrons. The Hall–Kier alpha value is -2.77. The molecule has 1 atom stereocenters. The van der Waals surface area contributed by atoms with E-state index in [1.54, 1.807) is 4.90 Å². The Morgan fingerprint density at radius 1 is 1.38 bits per heavy atom. The van der Waals surface area contributed by atoms with Crippen molar-refractivity contribution in [2.75, 3.05) is 11.4 Å². The summed E-state index contributed by atoms with van der Waals surface area (Å²) in [5.74, 6) is -0.665. The quantitative estimate of drug-likeness (QED) is 0.931. The number of aromatic nitrogens is 2. The number of aryl methyl sites for hydroxylation is 1. The third-order valence-electron chi connectivity index (χ3n) is 3.81. The van der Waals surface area contributed by atoms with Crippen LogP contribution < -0.4 is 10.2 Å². The van der Waals surface area contributed by atoms with E-state index in [4.69, 9.17) is 0 Å². The lowest BCUT2D eigenvalue weighted by molar-refractivity contribution is -0.117. The maximum atomic E-state index is 12.5. The predicted octanol–water partition coefficient (Wildman–Crippen LogP) is 2.12. The molecule has 0 radical (unpaired) electrons. The highest BCUT2D eigenvalue weighted by Crippen LogP contribution is 2.22. The van der Waals surface area contributed by atoms with Crippen LogP contribution in [0.2, 0.25) is 0 Å². The Morgan fingerprint density at radius 2 is 2.17 bits per heavy atom. The standard InChI is InChI=1S/C16H16F2N4O2/c1-10-3-2-4-12(7-10)21-9-11(8-14(21)23)19-15(24)13-5-6-22(20-13)16(17)18/h2-7,11,16H,8-9H2,1H3,(H,19,24)/t11-/m0/s1. The van der Waals surface area contributed by atoms with Gasteiger partial charge in [0, 0.05) is 24.8 Å². The molecular weight excluding hydrogens is 318 g/mol. The van der Waals surface area contributed by atoms with Crippen LogP contribution in [0, 0.1) is 6.92 Å². The van der Waals surface area contributed by atoms with Crippen LogP contribution in [0.1, 0.15) is 29.0 Å². The summed E-state index contributed by atoms with van der Waals surface area (Å²) < 4.78 is 25.4. The first-order valence-electron chi connectivity index (χ1n) is 7.45. The van der Waals surface area contributed by atoms with Crippen LogP contribution in [0.5, 0.6) is 0 Å². The van der Waals surface area contributed by atoms with Gasteiger partial charge in [0.05, 0.1) is 6.04 Å². The molecule has 0 spiro atoms. The summed E-state index contributed by atoms with van der Waals surface area (Å²) >= 11 is 0. The zero-order valence-corrected chi connectivity index (χ0v) is 12.9. The van der Waals surface area contributed by atoms with Crippen molar-refractivity contribution in [2.24, 2.45) is 0 Å². The van der Waals surface area contributed by atoms with Gasteiger partial charge >= 0.3 is 6.55 Å². The van der Waals surface area contributed by atoms with Crippen molar-refractivity contribution in [3.8, 4) is 0 Å². The van der Waals surface area contributed by atoms with Gasteiger partial charge in [0.1, 0.15) is 5.69 Å². The molecule has 1 fully saturated rings. The van der Waals surface area contributed by atoms with E-state index in [0.717, 1.165) is 17.4 Å². The summed E-state index contributed by atoms with van der Waals surface area (Å²) in [6.45, 7) is -0.525. The second-order valence-corrected chi connectivity index (χ2v) is 5.68.